The van der Waals surface area contributed by atoms with E-state index in [0.717, 1.165) is 5.56 Å². The van der Waals surface area contributed by atoms with E-state index in [9.17, 15) is 18.4 Å². The average molecular weight is 454 g/mol. The van der Waals surface area contributed by atoms with Crippen LogP contribution in [-0.2, 0) is 10.3 Å². The van der Waals surface area contributed by atoms with Gasteiger partial charge in [0.15, 0.2) is 0 Å². The molecule has 2 aromatic carbocycles. The first-order valence-electron chi connectivity index (χ1n) is 9.48. The molecule has 1 saturated carbocycles. The molecular formula is C21H19Cl2F2N3O2. The first-order chi connectivity index (χ1) is 14.2. The third kappa shape index (κ3) is 3.84. The average Bonchev–Trinajstić information content (AvgIpc) is 3.33. The van der Waals surface area contributed by atoms with Crippen molar-refractivity contribution in [3.63, 3.8) is 0 Å². The predicted octanol–water partition coefficient (Wildman–Crippen LogP) is 4.15. The molecule has 4 rings (SSSR count). The Kier molecular flexibility index (Phi) is 5.36. The highest BCUT2D eigenvalue weighted by atomic mass is 35.5. The van der Waals surface area contributed by atoms with Gasteiger partial charge in [-0.25, -0.2) is 13.6 Å². The summed E-state index contributed by atoms with van der Waals surface area (Å²) in [6.07, 6.45) is 1.34. The van der Waals surface area contributed by atoms with E-state index >= 15 is 0 Å². The molecule has 30 heavy (non-hydrogen) atoms. The topological polar surface area (TPSA) is 70.2 Å². The monoisotopic (exact) mass is 453 g/mol. The molecule has 1 aliphatic heterocycles. The van der Waals surface area contributed by atoms with Crippen LogP contribution in [-0.4, -0.2) is 24.5 Å². The lowest BCUT2D eigenvalue weighted by Crippen LogP contribution is -2.50. The Balaban J connectivity index is 1.53. The van der Waals surface area contributed by atoms with E-state index in [1.807, 2.05) is 0 Å². The highest BCUT2D eigenvalue weighted by Gasteiger charge is 2.48. The SMILES string of the molecule is Cc1cc(F)c([C@@H]2CNC(=O)[C@H]2NC(=O)NC2(c3ccc(Cl)cc3Cl)CC2)c(F)c1. The van der Waals surface area contributed by atoms with Crippen LogP contribution < -0.4 is 16.0 Å². The third-order valence-corrected chi connectivity index (χ3v) is 6.16. The lowest BCUT2D eigenvalue weighted by molar-refractivity contribution is -0.120. The molecule has 1 saturated heterocycles. The maximum atomic E-state index is 14.4. The maximum absolute atomic E-state index is 14.4. The molecule has 2 fully saturated rings. The van der Waals surface area contributed by atoms with E-state index in [0.29, 0.717) is 28.5 Å². The Bertz CT molecular complexity index is 1020. The molecule has 0 unspecified atom stereocenters. The highest BCUT2D eigenvalue weighted by Crippen LogP contribution is 2.48. The number of rotatable bonds is 4. The second kappa shape index (κ2) is 7.71. The molecule has 2 aromatic rings. The minimum atomic E-state index is -1.10. The summed E-state index contributed by atoms with van der Waals surface area (Å²) in [5.41, 5.74) is 0.290. The number of hydrogen-bond acceptors (Lipinski definition) is 2. The van der Waals surface area contributed by atoms with E-state index in [4.69, 9.17) is 23.2 Å². The Labute approximate surface area is 182 Å². The van der Waals surface area contributed by atoms with Crippen LogP contribution in [0, 0.1) is 18.6 Å². The van der Waals surface area contributed by atoms with Crippen LogP contribution in [0.15, 0.2) is 30.3 Å². The number of hydrogen-bond donors (Lipinski definition) is 3. The van der Waals surface area contributed by atoms with Crippen LogP contribution in [0.25, 0.3) is 0 Å². The first-order valence-corrected chi connectivity index (χ1v) is 10.2. The molecule has 0 bridgehead atoms. The lowest BCUT2D eigenvalue weighted by atomic mass is 9.92. The fourth-order valence-corrected chi connectivity index (χ4v) is 4.57. The molecule has 2 atom stereocenters. The van der Waals surface area contributed by atoms with Crippen molar-refractivity contribution in [3.05, 3.63) is 68.7 Å². The Morgan fingerprint density at radius 3 is 2.43 bits per heavy atom. The van der Waals surface area contributed by atoms with Crippen LogP contribution in [0.4, 0.5) is 13.6 Å². The standard InChI is InChI=1S/C21H19Cl2F2N3O2/c1-10-6-15(24)17(16(25)7-10)12-9-26-19(29)18(12)27-20(30)28-21(4-5-21)13-3-2-11(22)8-14(13)23/h2-3,6-8,12,18H,4-5,9H2,1H3,(H,26,29)(H2,27,28,30)/t12-,18-/m0/s1. The number of benzene rings is 2. The van der Waals surface area contributed by atoms with Crippen LogP contribution in [0.5, 0.6) is 0 Å². The number of urea groups is 1. The number of carbonyl (C=O) groups excluding carboxylic acids is 2. The van der Waals surface area contributed by atoms with Crippen LogP contribution in [0.2, 0.25) is 10.0 Å². The zero-order valence-corrected chi connectivity index (χ0v) is 17.5. The maximum Gasteiger partial charge on any atom is 0.316 e. The minimum Gasteiger partial charge on any atom is -0.354 e. The molecule has 3 amide bonds. The Morgan fingerprint density at radius 2 is 1.83 bits per heavy atom. The molecule has 0 aromatic heterocycles. The van der Waals surface area contributed by atoms with Gasteiger partial charge >= 0.3 is 6.03 Å². The summed E-state index contributed by atoms with van der Waals surface area (Å²) in [5, 5.41) is 8.92. The van der Waals surface area contributed by atoms with Crippen molar-refractivity contribution < 1.29 is 18.4 Å². The Morgan fingerprint density at radius 1 is 1.17 bits per heavy atom. The zero-order valence-electron chi connectivity index (χ0n) is 16.0. The fraction of sp³-hybridized carbons (Fsp3) is 0.333. The summed E-state index contributed by atoms with van der Waals surface area (Å²) in [6, 6.07) is 5.74. The summed E-state index contributed by atoms with van der Waals surface area (Å²) in [7, 11) is 0. The highest BCUT2D eigenvalue weighted by molar-refractivity contribution is 6.35. The van der Waals surface area contributed by atoms with Gasteiger partial charge in [-0.2, -0.15) is 0 Å². The first kappa shape index (κ1) is 20.9. The van der Waals surface area contributed by atoms with Gasteiger partial charge < -0.3 is 16.0 Å². The number of amides is 3. The van der Waals surface area contributed by atoms with Gasteiger partial charge in [0.25, 0.3) is 0 Å². The number of carbonyl (C=O) groups is 2. The summed E-state index contributed by atoms with van der Waals surface area (Å²) in [4.78, 5) is 25.0. The van der Waals surface area contributed by atoms with E-state index in [2.05, 4.69) is 16.0 Å². The second-order valence-electron chi connectivity index (χ2n) is 7.78. The van der Waals surface area contributed by atoms with E-state index < -0.39 is 41.1 Å². The van der Waals surface area contributed by atoms with Crippen molar-refractivity contribution in [3.8, 4) is 0 Å². The van der Waals surface area contributed by atoms with Crippen LogP contribution in [0.1, 0.15) is 35.4 Å². The zero-order chi connectivity index (χ0) is 21.6. The molecule has 0 spiro atoms. The Hall–Kier alpha value is -2.38. The van der Waals surface area contributed by atoms with Gasteiger partial charge in [0, 0.05) is 28.1 Å². The molecule has 0 radical (unpaired) electrons. The molecule has 2 aliphatic rings. The smallest absolute Gasteiger partial charge is 0.316 e. The second-order valence-corrected chi connectivity index (χ2v) is 8.62. The number of nitrogens with one attached hydrogen (secondary N) is 3. The lowest BCUT2D eigenvalue weighted by Gasteiger charge is -2.24. The normalized spacial score (nSPS) is 21.8. The molecule has 158 valence electrons. The van der Waals surface area contributed by atoms with Crippen molar-refractivity contribution in [2.45, 2.75) is 37.3 Å². The largest absolute Gasteiger partial charge is 0.354 e. The molecule has 5 nitrogen and oxygen atoms in total. The van der Waals surface area contributed by atoms with Crippen LogP contribution in [0.3, 0.4) is 0 Å². The van der Waals surface area contributed by atoms with Crippen molar-refractivity contribution in [2.24, 2.45) is 0 Å². The van der Waals surface area contributed by atoms with Crippen LogP contribution >= 0.6 is 23.2 Å². The van der Waals surface area contributed by atoms with Gasteiger partial charge in [0.05, 0.1) is 5.54 Å². The van der Waals surface area contributed by atoms with Crippen molar-refractivity contribution in [1.82, 2.24) is 16.0 Å². The van der Waals surface area contributed by atoms with Gasteiger partial charge in [0.2, 0.25) is 5.91 Å². The van der Waals surface area contributed by atoms with Gasteiger partial charge in [-0.15, -0.1) is 0 Å². The minimum absolute atomic E-state index is 0.0227. The van der Waals surface area contributed by atoms with Gasteiger partial charge in [-0.05, 0) is 55.2 Å². The van der Waals surface area contributed by atoms with Gasteiger partial charge in [0.1, 0.15) is 17.7 Å². The predicted molar refractivity (Wildman–Crippen MR) is 110 cm³/mol. The fourth-order valence-electron chi connectivity index (χ4n) is 3.98. The molecule has 1 heterocycles. The van der Waals surface area contributed by atoms with Crippen molar-refractivity contribution in [1.29, 1.82) is 0 Å². The van der Waals surface area contributed by atoms with Gasteiger partial charge in [-0.3, -0.25) is 4.79 Å². The van der Waals surface area contributed by atoms with Gasteiger partial charge in [-0.1, -0.05) is 29.3 Å². The third-order valence-electron chi connectivity index (χ3n) is 5.61. The van der Waals surface area contributed by atoms with E-state index in [-0.39, 0.29) is 12.1 Å². The molecular weight excluding hydrogens is 435 g/mol. The summed E-state index contributed by atoms with van der Waals surface area (Å²) in [6.45, 7) is 1.60. The molecule has 3 N–H and O–H groups in total. The summed E-state index contributed by atoms with van der Waals surface area (Å²) in [5.74, 6) is -2.84. The number of halogens is 4. The summed E-state index contributed by atoms with van der Waals surface area (Å²) >= 11 is 12.2. The molecule has 9 heteroatoms. The summed E-state index contributed by atoms with van der Waals surface area (Å²) < 4.78 is 28.9. The van der Waals surface area contributed by atoms with Crippen molar-refractivity contribution in [2.75, 3.05) is 6.54 Å². The molecule has 1 aliphatic carbocycles. The van der Waals surface area contributed by atoms with Crippen molar-refractivity contribution >= 4 is 35.1 Å². The van der Waals surface area contributed by atoms with E-state index in [1.165, 1.54) is 12.1 Å². The number of aryl methyl sites for hydroxylation is 1. The van der Waals surface area contributed by atoms with E-state index in [1.54, 1.807) is 25.1 Å². The quantitative estimate of drug-likeness (QED) is 0.650.